The summed E-state index contributed by atoms with van der Waals surface area (Å²) in [6.45, 7) is 4.47. The highest BCUT2D eigenvalue weighted by molar-refractivity contribution is 5.95. The lowest BCUT2D eigenvalue weighted by atomic mass is 10.1. The molecule has 1 aliphatic carbocycles. The summed E-state index contributed by atoms with van der Waals surface area (Å²) in [6.07, 6.45) is 3.87. The minimum atomic E-state index is 0.0437. The lowest BCUT2D eigenvalue weighted by Gasteiger charge is -2.27. The molecule has 0 N–H and O–H groups in total. The van der Waals surface area contributed by atoms with Crippen LogP contribution in [0.2, 0.25) is 0 Å². The topological polar surface area (TPSA) is 55.6 Å². The van der Waals surface area contributed by atoms with Crippen LogP contribution in [0.25, 0.3) is 0 Å². The summed E-state index contributed by atoms with van der Waals surface area (Å²) < 4.78 is 11.6. The van der Waals surface area contributed by atoms with Gasteiger partial charge in [0.05, 0.1) is 11.6 Å². The number of pyridine rings is 1. The highest BCUT2D eigenvalue weighted by Gasteiger charge is 2.50. The van der Waals surface area contributed by atoms with Crippen molar-refractivity contribution in [2.75, 3.05) is 6.54 Å². The second-order valence-corrected chi connectivity index (χ2v) is 6.44. The van der Waals surface area contributed by atoms with E-state index in [1.807, 2.05) is 43.0 Å². The van der Waals surface area contributed by atoms with Gasteiger partial charge in [0.1, 0.15) is 17.6 Å². The molecule has 3 atom stereocenters. The molecule has 5 nitrogen and oxygen atoms in total. The smallest absolute Gasteiger partial charge is 0.257 e. The minimum Gasteiger partial charge on any atom is -0.472 e. The zero-order valence-electron chi connectivity index (χ0n) is 13.4. The number of aryl methyl sites for hydroxylation is 2. The van der Waals surface area contributed by atoms with Gasteiger partial charge in [0.15, 0.2) is 0 Å². The van der Waals surface area contributed by atoms with Crippen molar-refractivity contribution in [1.29, 1.82) is 0 Å². The maximum Gasteiger partial charge on any atom is 0.257 e. The van der Waals surface area contributed by atoms with Gasteiger partial charge in [0.25, 0.3) is 5.91 Å². The average Bonchev–Trinajstić information content (AvgIpc) is 3.20. The first-order chi connectivity index (χ1) is 11.1. The minimum absolute atomic E-state index is 0.0437. The summed E-state index contributed by atoms with van der Waals surface area (Å²) >= 11 is 0. The Bertz CT molecular complexity index is 725. The Kier molecular flexibility index (Phi) is 3.36. The molecule has 2 aromatic heterocycles. The highest BCUT2D eigenvalue weighted by atomic mass is 16.5. The first-order valence-corrected chi connectivity index (χ1v) is 8.09. The SMILES string of the molecule is Cc1cc(C(=O)N2C[C@H]3CC[C@H]2[C@H]3Oc2ccccn2)c(C)o1. The second kappa shape index (κ2) is 5.41. The summed E-state index contributed by atoms with van der Waals surface area (Å²) in [5.41, 5.74) is 0.673. The van der Waals surface area contributed by atoms with E-state index in [2.05, 4.69) is 4.98 Å². The van der Waals surface area contributed by atoms with Gasteiger partial charge in [-0.15, -0.1) is 0 Å². The van der Waals surface area contributed by atoms with Crippen LogP contribution in [0.4, 0.5) is 0 Å². The molecule has 2 aromatic rings. The number of carbonyl (C=O) groups excluding carboxylic acids is 1. The Hall–Kier alpha value is -2.30. The van der Waals surface area contributed by atoms with Crippen molar-refractivity contribution in [3.63, 3.8) is 0 Å². The average molecular weight is 312 g/mol. The van der Waals surface area contributed by atoms with E-state index in [1.54, 1.807) is 6.20 Å². The molecule has 1 amide bonds. The van der Waals surface area contributed by atoms with Gasteiger partial charge in [-0.3, -0.25) is 4.79 Å². The molecule has 2 aliphatic rings. The van der Waals surface area contributed by atoms with Crippen LogP contribution in [0.3, 0.4) is 0 Å². The summed E-state index contributed by atoms with van der Waals surface area (Å²) in [5.74, 6) is 2.55. The van der Waals surface area contributed by atoms with Crippen molar-refractivity contribution < 1.29 is 13.9 Å². The second-order valence-electron chi connectivity index (χ2n) is 6.44. The van der Waals surface area contributed by atoms with Crippen molar-refractivity contribution in [3.8, 4) is 5.88 Å². The number of nitrogens with zero attached hydrogens (tertiary/aromatic N) is 2. The Balaban J connectivity index is 1.54. The highest BCUT2D eigenvalue weighted by Crippen LogP contribution is 2.41. The summed E-state index contributed by atoms with van der Waals surface area (Å²) in [5, 5.41) is 0. The summed E-state index contributed by atoms with van der Waals surface area (Å²) in [4.78, 5) is 19.1. The Morgan fingerprint density at radius 1 is 1.35 bits per heavy atom. The summed E-state index contributed by atoms with van der Waals surface area (Å²) in [7, 11) is 0. The number of rotatable bonds is 3. The fourth-order valence-corrected chi connectivity index (χ4v) is 3.91. The molecule has 23 heavy (non-hydrogen) atoms. The molecule has 1 saturated heterocycles. The third-order valence-electron chi connectivity index (χ3n) is 4.94. The van der Waals surface area contributed by atoms with E-state index < -0.39 is 0 Å². The van der Waals surface area contributed by atoms with Gasteiger partial charge in [-0.05, 0) is 38.8 Å². The van der Waals surface area contributed by atoms with Gasteiger partial charge in [-0.1, -0.05) is 6.07 Å². The van der Waals surface area contributed by atoms with Crippen LogP contribution in [-0.4, -0.2) is 34.5 Å². The molecule has 5 heteroatoms. The molecule has 120 valence electrons. The molecule has 1 saturated carbocycles. The van der Waals surface area contributed by atoms with E-state index in [1.165, 1.54) is 0 Å². The number of hydrogen-bond donors (Lipinski definition) is 0. The van der Waals surface area contributed by atoms with E-state index in [4.69, 9.17) is 9.15 Å². The molecule has 0 radical (unpaired) electrons. The zero-order chi connectivity index (χ0) is 16.0. The Morgan fingerprint density at radius 2 is 2.22 bits per heavy atom. The molecule has 0 unspecified atom stereocenters. The van der Waals surface area contributed by atoms with Crippen molar-refractivity contribution in [2.45, 2.75) is 38.8 Å². The van der Waals surface area contributed by atoms with Gasteiger partial charge < -0.3 is 14.1 Å². The monoisotopic (exact) mass is 312 g/mol. The van der Waals surface area contributed by atoms with Gasteiger partial charge >= 0.3 is 0 Å². The van der Waals surface area contributed by atoms with E-state index in [-0.39, 0.29) is 18.1 Å². The van der Waals surface area contributed by atoms with Crippen LogP contribution in [0.1, 0.15) is 34.7 Å². The molecular weight excluding hydrogens is 292 g/mol. The van der Waals surface area contributed by atoms with Crippen LogP contribution in [0.15, 0.2) is 34.9 Å². The fraction of sp³-hybridized carbons (Fsp3) is 0.444. The largest absolute Gasteiger partial charge is 0.472 e. The van der Waals surface area contributed by atoms with Crippen molar-refractivity contribution in [3.05, 3.63) is 47.5 Å². The molecular formula is C18H20N2O3. The standard InChI is InChI=1S/C18H20N2O3/c1-11-9-14(12(2)22-11)18(21)20-10-13-6-7-15(20)17(13)23-16-5-3-4-8-19-16/h3-5,8-9,13,15,17H,6-7,10H2,1-2H3/t13-,15+,17+/m1/s1. The maximum atomic E-state index is 12.9. The number of fused-ring (bicyclic) bond motifs is 2. The van der Waals surface area contributed by atoms with Gasteiger partial charge in [-0.2, -0.15) is 0 Å². The van der Waals surface area contributed by atoms with Crippen molar-refractivity contribution >= 4 is 5.91 Å². The van der Waals surface area contributed by atoms with Crippen LogP contribution in [0.5, 0.6) is 5.88 Å². The molecule has 2 fully saturated rings. The first-order valence-electron chi connectivity index (χ1n) is 8.09. The third-order valence-corrected chi connectivity index (χ3v) is 4.94. The number of amides is 1. The predicted molar refractivity (Wildman–Crippen MR) is 84.4 cm³/mol. The third kappa shape index (κ3) is 2.40. The number of aromatic nitrogens is 1. The molecule has 0 spiro atoms. The lowest BCUT2D eigenvalue weighted by molar-refractivity contribution is 0.0662. The van der Waals surface area contributed by atoms with Crippen LogP contribution in [-0.2, 0) is 0 Å². The normalized spacial score (nSPS) is 25.8. The van der Waals surface area contributed by atoms with Gasteiger partial charge in [-0.25, -0.2) is 4.98 Å². The molecule has 1 aliphatic heterocycles. The number of piperidine rings is 1. The van der Waals surface area contributed by atoms with E-state index in [0.717, 1.165) is 25.1 Å². The maximum absolute atomic E-state index is 12.9. The zero-order valence-corrected chi connectivity index (χ0v) is 13.4. The summed E-state index contributed by atoms with van der Waals surface area (Å²) in [6, 6.07) is 7.62. The number of ether oxygens (including phenoxy) is 1. The van der Waals surface area contributed by atoms with E-state index in [9.17, 15) is 4.79 Å². The fourth-order valence-electron chi connectivity index (χ4n) is 3.91. The molecule has 3 heterocycles. The molecule has 4 rings (SSSR count). The van der Waals surface area contributed by atoms with Crippen LogP contribution < -0.4 is 4.74 Å². The Morgan fingerprint density at radius 3 is 2.91 bits per heavy atom. The molecule has 2 bridgehead atoms. The van der Waals surface area contributed by atoms with Crippen molar-refractivity contribution in [2.24, 2.45) is 5.92 Å². The number of hydrogen-bond acceptors (Lipinski definition) is 4. The number of likely N-dealkylation sites (tertiary alicyclic amines) is 1. The quantitative estimate of drug-likeness (QED) is 0.874. The molecule has 0 aromatic carbocycles. The number of carbonyl (C=O) groups is 1. The van der Waals surface area contributed by atoms with E-state index in [0.29, 0.717) is 23.1 Å². The number of furan rings is 1. The van der Waals surface area contributed by atoms with Gasteiger partial charge in [0.2, 0.25) is 5.88 Å². The van der Waals surface area contributed by atoms with E-state index >= 15 is 0 Å². The predicted octanol–water partition coefficient (Wildman–Crippen LogP) is 2.97. The van der Waals surface area contributed by atoms with Crippen molar-refractivity contribution in [1.82, 2.24) is 9.88 Å². The van der Waals surface area contributed by atoms with Gasteiger partial charge in [0, 0.05) is 24.7 Å². The lowest BCUT2D eigenvalue weighted by Crippen LogP contribution is -2.40. The first kappa shape index (κ1) is 14.3. The Labute approximate surface area is 135 Å². The van der Waals surface area contributed by atoms with Crippen LogP contribution in [0, 0.1) is 19.8 Å². The van der Waals surface area contributed by atoms with Crippen LogP contribution >= 0.6 is 0 Å².